The normalized spacial score (nSPS) is 10.6. The van der Waals surface area contributed by atoms with Gasteiger partial charge in [0.15, 0.2) is 0 Å². The highest BCUT2D eigenvalue weighted by Gasteiger charge is 2.14. The van der Waals surface area contributed by atoms with E-state index in [9.17, 15) is 4.79 Å². The molecule has 5 heteroatoms. The number of carboxylic acids is 1. The summed E-state index contributed by atoms with van der Waals surface area (Å²) < 4.78 is 5.25. The predicted octanol–water partition coefficient (Wildman–Crippen LogP) is 4.33. The van der Waals surface area contributed by atoms with Gasteiger partial charge in [0.1, 0.15) is 5.76 Å². The number of halogens is 1. The quantitative estimate of drug-likeness (QED) is 0.851. The van der Waals surface area contributed by atoms with Crippen molar-refractivity contribution in [3.63, 3.8) is 0 Å². The highest BCUT2D eigenvalue weighted by Crippen LogP contribution is 2.34. The molecule has 0 aliphatic carbocycles. The van der Waals surface area contributed by atoms with Crippen LogP contribution in [0.2, 0.25) is 5.02 Å². The summed E-state index contributed by atoms with van der Waals surface area (Å²) in [6.07, 6.45) is 1.98. The van der Waals surface area contributed by atoms with E-state index in [1.165, 1.54) is 6.07 Å². The smallest absolute Gasteiger partial charge is 0.371 e. The van der Waals surface area contributed by atoms with Gasteiger partial charge < -0.3 is 9.52 Å². The van der Waals surface area contributed by atoms with Crippen molar-refractivity contribution in [3.05, 3.63) is 40.6 Å². The van der Waals surface area contributed by atoms with Gasteiger partial charge in [-0.15, -0.1) is 11.8 Å². The third kappa shape index (κ3) is 2.40. The first-order valence-corrected chi connectivity index (χ1v) is 6.81. The van der Waals surface area contributed by atoms with Gasteiger partial charge in [-0.2, -0.15) is 0 Å². The molecule has 2 rings (SSSR count). The molecule has 0 saturated heterocycles. The Morgan fingerprint density at radius 2 is 2.11 bits per heavy atom. The number of aromatic carboxylic acids is 1. The van der Waals surface area contributed by atoms with Gasteiger partial charge in [-0.3, -0.25) is 0 Å². The Labute approximate surface area is 114 Å². The molecule has 0 fully saturated rings. The maximum Gasteiger partial charge on any atom is 0.371 e. The molecule has 0 aliphatic heterocycles. The number of hydrogen-bond donors (Lipinski definition) is 1. The SMILES string of the molecule is CSc1cc(Cl)c(-c2ccc(C(=O)O)o2)cc1C. The van der Waals surface area contributed by atoms with Crippen LogP contribution in [-0.2, 0) is 0 Å². The van der Waals surface area contributed by atoms with E-state index in [1.54, 1.807) is 17.8 Å². The highest BCUT2D eigenvalue weighted by atomic mass is 35.5. The van der Waals surface area contributed by atoms with Gasteiger partial charge in [0.2, 0.25) is 5.76 Å². The number of furan rings is 1. The van der Waals surface area contributed by atoms with E-state index >= 15 is 0 Å². The van der Waals surface area contributed by atoms with Crippen LogP contribution in [-0.4, -0.2) is 17.3 Å². The van der Waals surface area contributed by atoms with E-state index in [0.29, 0.717) is 16.3 Å². The van der Waals surface area contributed by atoms with E-state index < -0.39 is 5.97 Å². The fourth-order valence-corrected chi connectivity index (χ4v) is 2.61. The van der Waals surface area contributed by atoms with Crippen molar-refractivity contribution in [2.24, 2.45) is 0 Å². The molecule has 94 valence electrons. The molecule has 0 aliphatic rings. The Balaban J connectivity index is 2.50. The maximum absolute atomic E-state index is 10.8. The van der Waals surface area contributed by atoms with Crippen molar-refractivity contribution in [3.8, 4) is 11.3 Å². The number of benzene rings is 1. The lowest BCUT2D eigenvalue weighted by molar-refractivity contribution is 0.0663. The zero-order valence-corrected chi connectivity index (χ0v) is 11.4. The summed E-state index contributed by atoms with van der Waals surface area (Å²) in [4.78, 5) is 11.9. The van der Waals surface area contributed by atoms with Crippen molar-refractivity contribution >= 4 is 29.3 Å². The summed E-state index contributed by atoms with van der Waals surface area (Å²) >= 11 is 7.80. The molecule has 1 heterocycles. The lowest BCUT2D eigenvalue weighted by atomic mass is 10.1. The largest absolute Gasteiger partial charge is 0.475 e. The third-order valence-corrected chi connectivity index (χ3v) is 3.76. The molecule has 1 aromatic heterocycles. The molecule has 0 unspecified atom stereocenters. The topological polar surface area (TPSA) is 50.4 Å². The van der Waals surface area contributed by atoms with Gasteiger partial charge in [0, 0.05) is 10.5 Å². The molecular weight excluding hydrogens is 272 g/mol. The number of thioether (sulfide) groups is 1. The second-order valence-corrected chi connectivity index (χ2v) is 5.03. The summed E-state index contributed by atoms with van der Waals surface area (Å²) in [6.45, 7) is 1.98. The van der Waals surface area contributed by atoms with Gasteiger partial charge in [0.05, 0.1) is 5.02 Å². The summed E-state index contributed by atoms with van der Waals surface area (Å²) in [5, 5.41) is 9.37. The molecule has 3 nitrogen and oxygen atoms in total. The molecule has 0 amide bonds. The highest BCUT2D eigenvalue weighted by molar-refractivity contribution is 7.98. The minimum absolute atomic E-state index is 0.0901. The maximum atomic E-state index is 10.8. The first-order valence-electron chi connectivity index (χ1n) is 5.20. The summed E-state index contributed by atoms with van der Waals surface area (Å²) in [6, 6.07) is 6.80. The number of rotatable bonds is 3. The van der Waals surface area contributed by atoms with E-state index in [0.717, 1.165) is 10.5 Å². The van der Waals surface area contributed by atoms with Gasteiger partial charge >= 0.3 is 5.97 Å². The number of carbonyl (C=O) groups is 1. The van der Waals surface area contributed by atoms with Crippen molar-refractivity contribution in [2.45, 2.75) is 11.8 Å². The Morgan fingerprint density at radius 1 is 1.39 bits per heavy atom. The summed E-state index contributed by atoms with van der Waals surface area (Å²) in [7, 11) is 0. The van der Waals surface area contributed by atoms with Crippen LogP contribution in [0.4, 0.5) is 0 Å². The van der Waals surface area contributed by atoms with E-state index in [-0.39, 0.29) is 5.76 Å². The average Bonchev–Trinajstić information content (AvgIpc) is 2.81. The van der Waals surface area contributed by atoms with E-state index in [2.05, 4.69) is 0 Å². The standard InChI is InChI=1S/C13H11ClO3S/c1-7-5-8(9(14)6-12(7)18-2)10-3-4-11(17-10)13(15)16/h3-6H,1-2H3,(H,15,16). The zero-order valence-electron chi connectivity index (χ0n) is 9.86. The van der Waals surface area contributed by atoms with E-state index in [4.69, 9.17) is 21.1 Å². The number of hydrogen-bond acceptors (Lipinski definition) is 3. The van der Waals surface area contributed by atoms with Crippen LogP contribution in [0.15, 0.2) is 33.6 Å². The van der Waals surface area contributed by atoms with E-state index in [1.807, 2.05) is 25.3 Å². The number of carboxylic acid groups (broad SMARTS) is 1. The Kier molecular flexibility index (Phi) is 3.68. The van der Waals surface area contributed by atoms with Gasteiger partial charge in [-0.1, -0.05) is 11.6 Å². The van der Waals surface area contributed by atoms with Crippen LogP contribution >= 0.6 is 23.4 Å². The molecule has 0 spiro atoms. The first kappa shape index (κ1) is 13.1. The Morgan fingerprint density at radius 3 is 2.67 bits per heavy atom. The molecule has 2 aromatic rings. The molecular formula is C13H11ClO3S. The molecule has 1 N–H and O–H groups in total. The second kappa shape index (κ2) is 5.08. The fraction of sp³-hybridized carbons (Fsp3) is 0.154. The minimum Gasteiger partial charge on any atom is -0.475 e. The summed E-state index contributed by atoms with van der Waals surface area (Å²) in [5.41, 5.74) is 1.79. The lowest BCUT2D eigenvalue weighted by Crippen LogP contribution is -1.91. The Bertz CT molecular complexity index is 604. The number of aryl methyl sites for hydroxylation is 1. The fourth-order valence-electron chi connectivity index (χ4n) is 1.67. The van der Waals surface area contributed by atoms with Crippen LogP contribution < -0.4 is 0 Å². The minimum atomic E-state index is -1.09. The zero-order chi connectivity index (χ0) is 13.3. The van der Waals surface area contributed by atoms with Crippen LogP contribution in [0.5, 0.6) is 0 Å². The average molecular weight is 283 g/mol. The third-order valence-electron chi connectivity index (χ3n) is 2.57. The molecule has 0 saturated carbocycles. The van der Waals surface area contributed by atoms with Crippen molar-refractivity contribution in [1.29, 1.82) is 0 Å². The molecule has 0 atom stereocenters. The Hall–Kier alpha value is -1.39. The van der Waals surface area contributed by atoms with Crippen LogP contribution in [0.1, 0.15) is 16.1 Å². The predicted molar refractivity (Wildman–Crippen MR) is 72.6 cm³/mol. The summed E-state index contributed by atoms with van der Waals surface area (Å²) in [5.74, 6) is -0.712. The first-order chi connectivity index (χ1) is 8.52. The van der Waals surface area contributed by atoms with Crippen molar-refractivity contribution in [1.82, 2.24) is 0 Å². The van der Waals surface area contributed by atoms with Gasteiger partial charge in [-0.05, 0) is 43.0 Å². The molecule has 1 aromatic carbocycles. The van der Waals surface area contributed by atoms with Crippen LogP contribution in [0, 0.1) is 6.92 Å². The lowest BCUT2D eigenvalue weighted by Gasteiger charge is -2.07. The second-order valence-electron chi connectivity index (χ2n) is 3.77. The van der Waals surface area contributed by atoms with Crippen LogP contribution in [0.25, 0.3) is 11.3 Å². The van der Waals surface area contributed by atoms with Crippen LogP contribution in [0.3, 0.4) is 0 Å². The van der Waals surface area contributed by atoms with Gasteiger partial charge in [0.25, 0.3) is 0 Å². The van der Waals surface area contributed by atoms with Crippen molar-refractivity contribution < 1.29 is 14.3 Å². The molecule has 18 heavy (non-hydrogen) atoms. The molecule has 0 radical (unpaired) electrons. The molecule has 0 bridgehead atoms. The van der Waals surface area contributed by atoms with Crippen molar-refractivity contribution in [2.75, 3.05) is 6.26 Å². The monoisotopic (exact) mass is 282 g/mol. The van der Waals surface area contributed by atoms with Gasteiger partial charge in [-0.25, -0.2) is 4.79 Å².